The molecule has 0 saturated carbocycles. The zero-order valence-electron chi connectivity index (χ0n) is 21.7. The minimum atomic E-state index is 0.308. The van der Waals surface area contributed by atoms with Crippen molar-refractivity contribution in [3.8, 4) is 5.75 Å². The van der Waals surface area contributed by atoms with E-state index in [0.29, 0.717) is 37.9 Å². The molecule has 0 aliphatic rings. The van der Waals surface area contributed by atoms with Gasteiger partial charge in [-0.2, -0.15) is 0 Å². The topological polar surface area (TPSA) is 98.5 Å². The van der Waals surface area contributed by atoms with Crippen molar-refractivity contribution in [1.29, 1.82) is 0 Å². The van der Waals surface area contributed by atoms with Crippen LogP contribution in [0.2, 0.25) is 0 Å². The number of phenolic OH excluding ortho intramolecular Hbond substituents is 1. The predicted molar refractivity (Wildman–Crippen MR) is 154 cm³/mol. The monoisotopic (exact) mass is 517 g/mol. The van der Waals surface area contributed by atoms with Gasteiger partial charge in [-0.3, -0.25) is 0 Å². The Bertz CT molecular complexity index is 1430. The van der Waals surface area contributed by atoms with Gasteiger partial charge in [-0.1, -0.05) is 37.6 Å². The summed E-state index contributed by atoms with van der Waals surface area (Å²) in [6.45, 7) is 6.81. The summed E-state index contributed by atoms with van der Waals surface area (Å²) in [5, 5.41) is 13.4. The number of aliphatic imine (C=N–C) groups is 1. The Hall–Kier alpha value is -3.32. The zero-order valence-corrected chi connectivity index (χ0v) is 22.5. The summed E-state index contributed by atoms with van der Waals surface area (Å²) in [6, 6.07) is 12.2. The molecule has 8 heteroatoms. The molecule has 7 nitrogen and oxygen atoms in total. The van der Waals surface area contributed by atoms with E-state index in [2.05, 4.69) is 52.1 Å². The lowest BCUT2D eigenvalue weighted by Crippen LogP contribution is -2.06. The summed E-state index contributed by atoms with van der Waals surface area (Å²) in [4.78, 5) is 13.6. The Morgan fingerprint density at radius 2 is 1.86 bits per heavy atom. The van der Waals surface area contributed by atoms with Gasteiger partial charge in [0, 0.05) is 31.6 Å². The van der Waals surface area contributed by atoms with Crippen LogP contribution in [0.1, 0.15) is 55.1 Å². The second kappa shape index (κ2) is 12.8. The van der Waals surface area contributed by atoms with Crippen LogP contribution >= 0.6 is 12.2 Å². The first-order valence-electron chi connectivity index (χ1n) is 13.0. The highest BCUT2D eigenvalue weighted by molar-refractivity contribution is 7.78. The van der Waals surface area contributed by atoms with Gasteiger partial charge in [0.25, 0.3) is 0 Å². The molecule has 0 spiro atoms. The van der Waals surface area contributed by atoms with Crippen molar-refractivity contribution in [2.45, 2.75) is 58.9 Å². The largest absolute Gasteiger partial charge is 0.508 e. The Morgan fingerprint density at radius 1 is 1.05 bits per heavy atom. The number of unbranched alkanes of at least 4 members (excludes halogenated alkanes) is 1. The smallest absolute Gasteiger partial charge is 0.152 e. The molecule has 2 aromatic heterocycles. The van der Waals surface area contributed by atoms with Gasteiger partial charge in [-0.05, 0) is 73.6 Å². The number of hydrogen-bond donors (Lipinski definition) is 2. The predicted octanol–water partition coefficient (Wildman–Crippen LogP) is 6.01. The number of nitrogen functional groups attached to an aromatic ring is 1. The zero-order chi connectivity index (χ0) is 26.2. The van der Waals surface area contributed by atoms with Crippen LogP contribution in [0.3, 0.4) is 0 Å². The number of phenols is 1. The van der Waals surface area contributed by atoms with Crippen molar-refractivity contribution in [3.63, 3.8) is 0 Å². The molecule has 0 bridgehead atoms. The molecule has 2 aromatic carbocycles. The van der Waals surface area contributed by atoms with E-state index < -0.39 is 0 Å². The van der Waals surface area contributed by atoms with Gasteiger partial charge in [0.1, 0.15) is 17.1 Å². The molecule has 0 radical (unpaired) electrons. The molecule has 0 atom stereocenters. The van der Waals surface area contributed by atoms with Crippen molar-refractivity contribution in [3.05, 3.63) is 58.9 Å². The summed E-state index contributed by atoms with van der Waals surface area (Å²) >= 11 is 4.57. The van der Waals surface area contributed by atoms with Crippen molar-refractivity contribution in [2.75, 3.05) is 25.5 Å². The van der Waals surface area contributed by atoms with Gasteiger partial charge in [-0.15, -0.1) is 0 Å². The summed E-state index contributed by atoms with van der Waals surface area (Å²) in [5.41, 5.74) is 12.3. The number of anilines is 1. The standard InChI is InChI=1S/C29H35N5O2S/c1-3-4-8-26-33-27-28(34(26)18-22-10-12-25(35)20(2)16-22)23-11-9-21(17-24(23)32-29(27)30)7-5-14-36-15-6-13-31-19-37/h9-12,16-17,35H,3-8,13-15,18H2,1-2H3,(H2,30,32). The van der Waals surface area contributed by atoms with Gasteiger partial charge >= 0.3 is 0 Å². The van der Waals surface area contributed by atoms with Crippen molar-refractivity contribution >= 4 is 45.1 Å². The van der Waals surface area contributed by atoms with Gasteiger partial charge in [0.2, 0.25) is 0 Å². The molecule has 3 N–H and O–H groups in total. The Kier molecular flexibility index (Phi) is 9.23. The highest BCUT2D eigenvalue weighted by Crippen LogP contribution is 2.31. The molecule has 0 amide bonds. The van der Waals surface area contributed by atoms with Crippen molar-refractivity contribution < 1.29 is 9.84 Å². The third-order valence-electron chi connectivity index (χ3n) is 6.58. The van der Waals surface area contributed by atoms with E-state index in [4.69, 9.17) is 20.4 Å². The molecule has 37 heavy (non-hydrogen) atoms. The van der Waals surface area contributed by atoms with Crippen LogP contribution in [0.4, 0.5) is 5.82 Å². The SMILES string of the molecule is CCCCc1nc2c(N)nc3cc(CCCOCCCN=C=S)ccc3c2n1Cc1ccc(O)c(C)c1. The van der Waals surface area contributed by atoms with Gasteiger partial charge in [0.15, 0.2) is 5.82 Å². The normalized spacial score (nSPS) is 11.3. The fraction of sp³-hybridized carbons (Fsp3) is 0.414. The summed E-state index contributed by atoms with van der Waals surface area (Å²) in [5.74, 6) is 1.78. The first kappa shape index (κ1) is 26.7. The molecular formula is C29H35N5O2S. The summed E-state index contributed by atoms with van der Waals surface area (Å²) < 4.78 is 7.98. The van der Waals surface area contributed by atoms with Gasteiger partial charge < -0.3 is 20.1 Å². The first-order chi connectivity index (χ1) is 18.0. The molecule has 0 fully saturated rings. The lowest BCUT2D eigenvalue weighted by atomic mass is 10.1. The van der Waals surface area contributed by atoms with Crippen LogP contribution in [-0.2, 0) is 24.1 Å². The number of pyridine rings is 1. The number of rotatable bonds is 13. The molecule has 0 unspecified atom stereocenters. The Morgan fingerprint density at radius 3 is 2.65 bits per heavy atom. The quantitative estimate of drug-likeness (QED) is 0.128. The lowest BCUT2D eigenvalue weighted by Gasteiger charge is -2.13. The number of benzene rings is 2. The van der Waals surface area contributed by atoms with E-state index in [1.165, 1.54) is 5.56 Å². The third kappa shape index (κ3) is 6.52. The average Bonchev–Trinajstić information content (AvgIpc) is 3.25. The van der Waals surface area contributed by atoms with E-state index in [9.17, 15) is 5.11 Å². The number of thiocarbonyl (C=S) groups is 1. The Labute approximate surface area is 223 Å². The number of nitrogens with zero attached hydrogens (tertiary/aromatic N) is 4. The van der Waals surface area contributed by atoms with Crippen LogP contribution in [0, 0.1) is 6.92 Å². The molecule has 4 aromatic rings. The maximum absolute atomic E-state index is 9.99. The minimum Gasteiger partial charge on any atom is -0.508 e. The van der Waals surface area contributed by atoms with Crippen LogP contribution in [0.5, 0.6) is 5.75 Å². The highest BCUT2D eigenvalue weighted by atomic mass is 32.1. The number of aryl methyl sites for hydroxylation is 3. The first-order valence-corrected chi connectivity index (χ1v) is 13.4. The van der Waals surface area contributed by atoms with Crippen LogP contribution in [-0.4, -0.2) is 44.6 Å². The van der Waals surface area contributed by atoms with Gasteiger partial charge in [-0.25, -0.2) is 15.0 Å². The third-order valence-corrected chi connectivity index (χ3v) is 6.71. The molecule has 0 saturated heterocycles. The number of isothiocyanates is 1. The molecule has 2 heterocycles. The molecule has 0 aliphatic carbocycles. The van der Waals surface area contributed by atoms with E-state index in [-0.39, 0.29) is 0 Å². The van der Waals surface area contributed by atoms with E-state index in [1.54, 1.807) is 6.07 Å². The highest BCUT2D eigenvalue weighted by Gasteiger charge is 2.18. The number of nitrogens with two attached hydrogens (primary N) is 1. The second-order valence-corrected chi connectivity index (χ2v) is 9.61. The summed E-state index contributed by atoms with van der Waals surface area (Å²) in [7, 11) is 0. The van der Waals surface area contributed by atoms with E-state index in [0.717, 1.165) is 77.4 Å². The number of ether oxygens (including phenoxy) is 1. The van der Waals surface area contributed by atoms with E-state index >= 15 is 0 Å². The fourth-order valence-electron chi connectivity index (χ4n) is 4.63. The molecule has 4 rings (SSSR count). The van der Waals surface area contributed by atoms with Crippen LogP contribution < -0.4 is 5.73 Å². The fourth-order valence-corrected chi connectivity index (χ4v) is 4.72. The number of aromatic nitrogens is 3. The average molecular weight is 518 g/mol. The number of aromatic hydroxyl groups is 1. The molecular weight excluding hydrogens is 482 g/mol. The number of hydrogen-bond acceptors (Lipinski definition) is 7. The molecule has 194 valence electrons. The lowest BCUT2D eigenvalue weighted by molar-refractivity contribution is 0.131. The second-order valence-electron chi connectivity index (χ2n) is 9.43. The Balaban J connectivity index is 1.61. The van der Waals surface area contributed by atoms with E-state index in [1.807, 2.05) is 19.1 Å². The maximum atomic E-state index is 9.99. The molecule has 0 aliphatic heterocycles. The van der Waals surface area contributed by atoms with Gasteiger partial charge in [0.05, 0.1) is 22.7 Å². The van der Waals surface area contributed by atoms with Crippen molar-refractivity contribution in [1.82, 2.24) is 14.5 Å². The van der Waals surface area contributed by atoms with Crippen LogP contribution in [0.15, 0.2) is 41.4 Å². The summed E-state index contributed by atoms with van der Waals surface area (Å²) in [6.07, 6.45) is 5.70. The number of imidazole rings is 1. The van der Waals surface area contributed by atoms with Crippen LogP contribution in [0.25, 0.3) is 21.9 Å². The minimum absolute atomic E-state index is 0.308. The number of fused-ring (bicyclic) bond motifs is 3. The maximum Gasteiger partial charge on any atom is 0.152 e. The van der Waals surface area contributed by atoms with Crippen molar-refractivity contribution in [2.24, 2.45) is 4.99 Å².